The number of rotatable bonds is 7. The molecule has 0 atom stereocenters. The lowest BCUT2D eigenvalue weighted by molar-refractivity contribution is -0.117. The predicted octanol–water partition coefficient (Wildman–Crippen LogP) is 4.01. The number of sulfonamides is 1. The van der Waals surface area contributed by atoms with E-state index in [-0.39, 0.29) is 29.0 Å². The molecule has 2 aromatic heterocycles. The van der Waals surface area contributed by atoms with Gasteiger partial charge in [0.1, 0.15) is 23.1 Å². The lowest BCUT2D eigenvalue weighted by Crippen LogP contribution is -2.17. The molecule has 2 heterocycles. The minimum atomic E-state index is -3.77. The molecule has 1 saturated carbocycles. The predicted molar refractivity (Wildman–Crippen MR) is 110 cm³/mol. The molecule has 0 radical (unpaired) electrons. The zero-order chi connectivity index (χ0) is 21.5. The first-order valence-corrected chi connectivity index (χ1v) is 11.2. The highest BCUT2D eigenvalue weighted by atomic mass is 32.2. The normalized spacial score (nSPS) is 14.1. The fraction of sp³-hybridized carbons (Fsp3) is 0.300. The number of fused-ring (bicyclic) bond motifs is 1. The second kappa shape index (κ2) is 7.67. The van der Waals surface area contributed by atoms with Crippen LogP contribution in [0.15, 0.2) is 30.5 Å². The van der Waals surface area contributed by atoms with Gasteiger partial charge in [-0.25, -0.2) is 22.2 Å². The van der Waals surface area contributed by atoms with Gasteiger partial charge in [-0.3, -0.25) is 9.52 Å². The molecule has 7 nitrogen and oxygen atoms in total. The van der Waals surface area contributed by atoms with Crippen LogP contribution in [-0.4, -0.2) is 30.0 Å². The molecule has 1 fully saturated rings. The average molecular weight is 434 g/mol. The van der Waals surface area contributed by atoms with Crippen molar-refractivity contribution >= 4 is 38.5 Å². The van der Waals surface area contributed by atoms with Gasteiger partial charge < -0.3 is 10.3 Å². The van der Waals surface area contributed by atoms with E-state index in [1.165, 1.54) is 6.07 Å². The van der Waals surface area contributed by atoms with E-state index in [0.29, 0.717) is 23.0 Å². The van der Waals surface area contributed by atoms with E-state index in [2.05, 4.69) is 20.0 Å². The standard InChI is InChI=1S/C20H20F2N4O3S/c1-2-7-30(28,29)26-17-10-15(21)14(8-16(17)22)13-9-18(25-20(27)11-3-4-11)24-19-12(13)5-6-23-19/h5-6,8-11,26H,2-4,7H2,1H3,(H2,23,24,25,27). The Labute approximate surface area is 172 Å². The summed E-state index contributed by atoms with van der Waals surface area (Å²) >= 11 is 0. The maximum Gasteiger partial charge on any atom is 0.232 e. The van der Waals surface area contributed by atoms with E-state index in [1.807, 2.05) is 0 Å². The summed E-state index contributed by atoms with van der Waals surface area (Å²) in [6.07, 6.45) is 3.59. The van der Waals surface area contributed by atoms with Gasteiger partial charge >= 0.3 is 0 Å². The number of hydrogen-bond donors (Lipinski definition) is 3. The molecular weight excluding hydrogens is 414 g/mol. The van der Waals surface area contributed by atoms with Gasteiger partial charge in [-0.2, -0.15) is 0 Å². The number of pyridine rings is 1. The lowest BCUT2D eigenvalue weighted by Gasteiger charge is -2.13. The summed E-state index contributed by atoms with van der Waals surface area (Å²) in [5, 5.41) is 3.25. The lowest BCUT2D eigenvalue weighted by atomic mass is 10.0. The molecular formula is C20H20F2N4O3S. The van der Waals surface area contributed by atoms with Crippen LogP contribution in [0.1, 0.15) is 26.2 Å². The number of aromatic nitrogens is 2. The molecule has 0 aliphatic heterocycles. The van der Waals surface area contributed by atoms with Gasteiger partial charge in [0.15, 0.2) is 0 Å². The van der Waals surface area contributed by atoms with Crippen LogP contribution in [0.5, 0.6) is 0 Å². The molecule has 3 aromatic rings. The molecule has 0 bridgehead atoms. The number of amides is 1. The van der Waals surface area contributed by atoms with Gasteiger partial charge in [-0.1, -0.05) is 6.92 Å². The Balaban J connectivity index is 1.75. The van der Waals surface area contributed by atoms with E-state index < -0.39 is 27.3 Å². The monoisotopic (exact) mass is 434 g/mol. The van der Waals surface area contributed by atoms with Crippen molar-refractivity contribution in [2.75, 3.05) is 15.8 Å². The molecule has 0 saturated heterocycles. The number of benzene rings is 1. The number of H-pyrrole nitrogens is 1. The van der Waals surface area contributed by atoms with Crippen molar-refractivity contribution in [2.45, 2.75) is 26.2 Å². The molecule has 30 heavy (non-hydrogen) atoms. The van der Waals surface area contributed by atoms with Gasteiger partial charge in [0.05, 0.1) is 11.4 Å². The molecule has 10 heteroatoms. The average Bonchev–Trinajstić information content (AvgIpc) is 3.42. The summed E-state index contributed by atoms with van der Waals surface area (Å²) in [4.78, 5) is 19.3. The molecule has 4 rings (SSSR count). The van der Waals surface area contributed by atoms with Crippen LogP contribution in [0, 0.1) is 17.6 Å². The highest BCUT2D eigenvalue weighted by Gasteiger charge is 2.30. The van der Waals surface area contributed by atoms with E-state index >= 15 is 0 Å². The van der Waals surface area contributed by atoms with E-state index in [9.17, 15) is 22.0 Å². The van der Waals surface area contributed by atoms with Crippen molar-refractivity contribution in [3.63, 3.8) is 0 Å². The third-order valence-corrected chi connectivity index (χ3v) is 6.29. The van der Waals surface area contributed by atoms with Crippen LogP contribution in [0.3, 0.4) is 0 Å². The van der Waals surface area contributed by atoms with Gasteiger partial charge in [0, 0.05) is 29.1 Å². The molecule has 0 spiro atoms. The van der Waals surface area contributed by atoms with Gasteiger partial charge in [-0.05, 0) is 43.0 Å². The van der Waals surface area contributed by atoms with Crippen molar-refractivity contribution in [1.29, 1.82) is 0 Å². The SMILES string of the molecule is CCCS(=O)(=O)Nc1cc(F)c(-c2cc(NC(=O)C3CC3)nc3[nH]ccc23)cc1F. The number of anilines is 2. The summed E-state index contributed by atoms with van der Waals surface area (Å²) in [7, 11) is -3.77. The summed E-state index contributed by atoms with van der Waals surface area (Å²) in [6, 6.07) is 4.90. The maximum absolute atomic E-state index is 14.9. The Morgan fingerprint density at radius 1 is 1.20 bits per heavy atom. The van der Waals surface area contributed by atoms with Gasteiger partial charge in [0.2, 0.25) is 15.9 Å². The molecule has 1 aliphatic rings. The Bertz CT molecular complexity index is 1240. The second-order valence-corrected chi connectivity index (χ2v) is 9.13. The minimum absolute atomic E-state index is 0.0424. The third kappa shape index (κ3) is 4.13. The highest BCUT2D eigenvalue weighted by Crippen LogP contribution is 2.35. The zero-order valence-corrected chi connectivity index (χ0v) is 16.9. The Kier molecular flexibility index (Phi) is 5.19. The van der Waals surface area contributed by atoms with Gasteiger partial charge in [-0.15, -0.1) is 0 Å². The van der Waals surface area contributed by atoms with Crippen molar-refractivity contribution in [1.82, 2.24) is 9.97 Å². The summed E-state index contributed by atoms with van der Waals surface area (Å²) < 4.78 is 55.5. The van der Waals surface area contributed by atoms with E-state index in [1.54, 1.807) is 19.2 Å². The van der Waals surface area contributed by atoms with Crippen molar-refractivity contribution in [3.05, 3.63) is 42.1 Å². The molecule has 1 amide bonds. The fourth-order valence-corrected chi connectivity index (χ4v) is 4.35. The second-order valence-electron chi connectivity index (χ2n) is 7.29. The first kappa shape index (κ1) is 20.3. The number of hydrogen-bond acceptors (Lipinski definition) is 4. The smallest absolute Gasteiger partial charge is 0.232 e. The molecule has 1 aliphatic carbocycles. The van der Waals surface area contributed by atoms with Crippen LogP contribution in [-0.2, 0) is 14.8 Å². The summed E-state index contributed by atoms with van der Waals surface area (Å²) in [6.45, 7) is 1.67. The number of carbonyl (C=O) groups excluding carboxylic acids is 1. The quantitative estimate of drug-likeness (QED) is 0.523. The third-order valence-electron chi connectivity index (χ3n) is 4.81. The van der Waals surface area contributed by atoms with Crippen molar-refractivity contribution in [3.8, 4) is 11.1 Å². The number of aromatic amines is 1. The molecule has 158 valence electrons. The number of nitrogens with one attached hydrogen (secondary N) is 3. The maximum atomic E-state index is 14.9. The molecule has 1 aromatic carbocycles. The Morgan fingerprint density at radius 2 is 1.97 bits per heavy atom. The van der Waals surface area contributed by atoms with Crippen molar-refractivity contribution < 1.29 is 22.0 Å². The molecule has 3 N–H and O–H groups in total. The van der Waals surface area contributed by atoms with Crippen LogP contribution < -0.4 is 10.0 Å². The Morgan fingerprint density at radius 3 is 2.67 bits per heavy atom. The summed E-state index contributed by atoms with van der Waals surface area (Å²) in [5.41, 5.74) is 0.212. The van der Waals surface area contributed by atoms with Crippen LogP contribution in [0.25, 0.3) is 22.2 Å². The fourth-order valence-electron chi connectivity index (χ4n) is 3.22. The van der Waals surface area contributed by atoms with E-state index in [0.717, 1.165) is 25.0 Å². The largest absolute Gasteiger partial charge is 0.346 e. The molecule has 0 unspecified atom stereocenters. The van der Waals surface area contributed by atoms with Crippen molar-refractivity contribution in [2.24, 2.45) is 5.92 Å². The van der Waals surface area contributed by atoms with Crippen LogP contribution in [0.4, 0.5) is 20.3 Å². The zero-order valence-electron chi connectivity index (χ0n) is 16.1. The van der Waals surface area contributed by atoms with Crippen LogP contribution >= 0.6 is 0 Å². The Hall–Kier alpha value is -3.01. The first-order valence-electron chi connectivity index (χ1n) is 9.56. The van der Waals surface area contributed by atoms with Crippen LogP contribution in [0.2, 0.25) is 0 Å². The topological polar surface area (TPSA) is 104 Å². The number of carbonyl (C=O) groups is 1. The van der Waals surface area contributed by atoms with E-state index in [4.69, 9.17) is 0 Å². The summed E-state index contributed by atoms with van der Waals surface area (Å²) in [5.74, 6) is -1.89. The number of halogens is 2. The number of nitrogens with zero attached hydrogens (tertiary/aromatic N) is 1. The first-order chi connectivity index (χ1) is 14.3. The van der Waals surface area contributed by atoms with Gasteiger partial charge in [0.25, 0.3) is 0 Å². The minimum Gasteiger partial charge on any atom is -0.346 e. The highest BCUT2D eigenvalue weighted by molar-refractivity contribution is 7.92.